The van der Waals surface area contributed by atoms with Gasteiger partial charge in [0.05, 0.1) is 11.3 Å². The summed E-state index contributed by atoms with van der Waals surface area (Å²) in [5.74, 6) is 0.991. The molecule has 2 aromatic rings. The topological polar surface area (TPSA) is 84.8 Å². The second kappa shape index (κ2) is 7.61. The van der Waals surface area contributed by atoms with E-state index in [-0.39, 0.29) is 0 Å². The van der Waals surface area contributed by atoms with E-state index in [2.05, 4.69) is 29.9 Å². The van der Waals surface area contributed by atoms with Crippen LogP contribution < -0.4 is 10.5 Å². The number of nitriles is 1. The molecule has 0 amide bonds. The van der Waals surface area contributed by atoms with Crippen molar-refractivity contribution in [3.05, 3.63) is 41.3 Å². The first-order valence-corrected chi connectivity index (χ1v) is 8.12. The third-order valence-electron chi connectivity index (χ3n) is 3.46. The second-order valence-corrected chi connectivity index (χ2v) is 6.98. The Morgan fingerprint density at radius 3 is 2.71 bits per heavy atom. The molecule has 5 nitrogen and oxygen atoms in total. The van der Waals surface area contributed by atoms with E-state index in [9.17, 15) is 5.26 Å². The monoisotopic (exact) mass is 344 g/mol. The predicted molar refractivity (Wildman–Crippen MR) is 94.7 cm³/mol. The third-order valence-corrected chi connectivity index (χ3v) is 3.67. The van der Waals surface area contributed by atoms with E-state index in [0.717, 1.165) is 12.0 Å². The Kier molecular flexibility index (Phi) is 5.76. The molecule has 0 spiro atoms. The van der Waals surface area contributed by atoms with Gasteiger partial charge in [-0.05, 0) is 37.5 Å². The van der Waals surface area contributed by atoms with Crippen LogP contribution in [0, 0.1) is 17.2 Å². The summed E-state index contributed by atoms with van der Waals surface area (Å²) >= 11 is 5.89. The molecule has 0 radical (unpaired) electrons. The van der Waals surface area contributed by atoms with Crippen LogP contribution in [-0.2, 0) is 0 Å². The summed E-state index contributed by atoms with van der Waals surface area (Å²) in [4.78, 5) is 8.02. The number of hydrogen-bond acceptors (Lipinski definition) is 5. The lowest BCUT2D eigenvalue weighted by Crippen LogP contribution is -2.43. The normalized spacial score (nSPS) is 13.4. The number of nitrogens with zero attached hydrogens (tertiary/aromatic N) is 3. The van der Waals surface area contributed by atoms with Gasteiger partial charge in [-0.2, -0.15) is 5.26 Å². The Morgan fingerprint density at radius 2 is 2.08 bits per heavy atom. The second-order valence-electron chi connectivity index (χ2n) is 6.59. The summed E-state index contributed by atoms with van der Waals surface area (Å²) < 4.78 is 5.80. The van der Waals surface area contributed by atoms with Crippen LogP contribution in [0.25, 0.3) is 11.3 Å². The first-order valence-electron chi connectivity index (χ1n) is 7.74. The number of hydrogen-bond donors (Lipinski definition) is 1. The highest BCUT2D eigenvalue weighted by atomic mass is 35.5. The summed E-state index contributed by atoms with van der Waals surface area (Å²) in [6.07, 6.45) is 2.23. The van der Waals surface area contributed by atoms with Gasteiger partial charge in [0.1, 0.15) is 29.9 Å². The maximum absolute atomic E-state index is 9.40. The molecule has 0 fully saturated rings. The van der Waals surface area contributed by atoms with Gasteiger partial charge in [-0.1, -0.05) is 25.4 Å². The van der Waals surface area contributed by atoms with Crippen molar-refractivity contribution in [2.45, 2.75) is 32.7 Å². The van der Waals surface area contributed by atoms with Crippen molar-refractivity contribution in [2.75, 3.05) is 6.61 Å². The van der Waals surface area contributed by atoms with Gasteiger partial charge in [-0.15, -0.1) is 0 Å². The Balaban J connectivity index is 2.20. The van der Waals surface area contributed by atoms with Crippen LogP contribution in [0.1, 0.15) is 32.8 Å². The summed E-state index contributed by atoms with van der Waals surface area (Å²) in [7, 11) is 0. The Labute approximate surface area is 147 Å². The highest BCUT2D eigenvalue weighted by molar-refractivity contribution is 6.29. The molecular weight excluding hydrogens is 324 g/mol. The average Bonchev–Trinajstić information content (AvgIpc) is 2.51. The van der Waals surface area contributed by atoms with Crippen LogP contribution in [0.3, 0.4) is 0 Å². The molecule has 24 heavy (non-hydrogen) atoms. The molecule has 0 saturated carbocycles. The first kappa shape index (κ1) is 18.2. The molecular formula is C18H21ClN4O. The fourth-order valence-electron chi connectivity index (χ4n) is 2.63. The van der Waals surface area contributed by atoms with E-state index in [1.807, 2.05) is 13.0 Å². The maximum atomic E-state index is 9.40. The molecule has 1 aromatic carbocycles. The molecule has 0 unspecified atom stereocenters. The van der Waals surface area contributed by atoms with Crippen molar-refractivity contribution >= 4 is 11.6 Å². The molecule has 1 heterocycles. The molecule has 0 aliphatic carbocycles. The largest absolute Gasteiger partial charge is 0.490 e. The average molecular weight is 345 g/mol. The smallest absolute Gasteiger partial charge is 0.137 e. The fourth-order valence-corrected chi connectivity index (χ4v) is 2.78. The first-order chi connectivity index (χ1) is 11.3. The van der Waals surface area contributed by atoms with Crippen molar-refractivity contribution in [3.63, 3.8) is 0 Å². The van der Waals surface area contributed by atoms with Crippen LogP contribution in [0.15, 0.2) is 30.6 Å². The minimum atomic E-state index is -0.445. The van der Waals surface area contributed by atoms with Gasteiger partial charge in [0, 0.05) is 17.2 Å². The lowest BCUT2D eigenvalue weighted by molar-refractivity contribution is 0.206. The number of nitrogens with two attached hydrogens (primary N) is 1. The number of halogens is 1. The molecule has 1 aromatic heterocycles. The maximum Gasteiger partial charge on any atom is 0.137 e. The Morgan fingerprint density at radius 1 is 1.33 bits per heavy atom. The van der Waals surface area contributed by atoms with E-state index in [4.69, 9.17) is 22.1 Å². The molecule has 1 atom stereocenters. The summed E-state index contributed by atoms with van der Waals surface area (Å²) in [6, 6.07) is 9.13. The van der Waals surface area contributed by atoms with Crippen LogP contribution in [0.5, 0.6) is 5.75 Å². The zero-order valence-corrected chi connectivity index (χ0v) is 14.8. The highest BCUT2D eigenvalue weighted by Gasteiger charge is 2.21. The van der Waals surface area contributed by atoms with Crippen molar-refractivity contribution in [3.8, 4) is 23.1 Å². The van der Waals surface area contributed by atoms with Gasteiger partial charge in [0.25, 0.3) is 0 Å². The van der Waals surface area contributed by atoms with Gasteiger partial charge in [-0.25, -0.2) is 9.97 Å². The van der Waals surface area contributed by atoms with Crippen LogP contribution in [0.2, 0.25) is 5.15 Å². The molecule has 0 saturated heterocycles. The van der Waals surface area contributed by atoms with Gasteiger partial charge in [-0.3, -0.25) is 0 Å². The van der Waals surface area contributed by atoms with E-state index < -0.39 is 5.54 Å². The fraction of sp³-hybridized carbons (Fsp3) is 0.389. The van der Waals surface area contributed by atoms with Crippen molar-refractivity contribution in [1.82, 2.24) is 9.97 Å². The van der Waals surface area contributed by atoms with Crippen molar-refractivity contribution < 1.29 is 4.74 Å². The minimum absolute atomic E-state index is 0.346. The van der Waals surface area contributed by atoms with E-state index in [1.54, 1.807) is 18.2 Å². The number of rotatable bonds is 6. The number of ether oxygens (including phenoxy) is 1. The molecule has 2 N–H and O–H groups in total. The molecule has 0 aliphatic rings. The molecule has 6 heteroatoms. The van der Waals surface area contributed by atoms with Crippen LogP contribution in [-0.4, -0.2) is 22.1 Å². The van der Waals surface area contributed by atoms with Crippen molar-refractivity contribution in [1.29, 1.82) is 5.26 Å². The van der Waals surface area contributed by atoms with Gasteiger partial charge >= 0.3 is 0 Å². The van der Waals surface area contributed by atoms with Crippen molar-refractivity contribution in [2.24, 2.45) is 11.7 Å². The summed E-state index contributed by atoms with van der Waals surface area (Å²) in [5.41, 5.74) is 7.68. The van der Waals surface area contributed by atoms with Crippen LogP contribution >= 0.6 is 11.6 Å². The Bertz CT molecular complexity index is 753. The predicted octanol–water partition coefficient (Wildman–Crippen LogP) is 3.81. The molecule has 0 bridgehead atoms. The lowest BCUT2D eigenvalue weighted by Gasteiger charge is -2.26. The van der Waals surface area contributed by atoms with Crippen LogP contribution in [0.4, 0.5) is 0 Å². The summed E-state index contributed by atoms with van der Waals surface area (Å²) in [5, 5.41) is 9.75. The number of aromatic nitrogens is 2. The molecule has 0 aliphatic heterocycles. The highest BCUT2D eigenvalue weighted by Crippen LogP contribution is 2.27. The third kappa shape index (κ3) is 4.92. The van der Waals surface area contributed by atoms with Gasteiger partial charge in [0.15, 0.2) is 0 Å². The minimum Gasteiger partial charge on any atom is -0.490 e. The molecule has 126 valence electrons. The van der Waals surface area contributed by atoms with E-state index in [0.29, 0.717) is 34.7 Å². The molecule has 2 rings (SSSR count). The Hall–Kier alpha value is -2.16. The van der Waals surface area contributed by atoms with Gasteiger partial charge < -0.3 is 10.5 Å². The number of benzene rings is 1. The quantitative estimate of drug-likeness (QED) is 0.805. The lowest BCUT2D eigenvalue weighted by atomic mass is 9.93. The zero-order chi connectivity index (χ0) is 17.7. The van der Waals surface area contributed by atoms with Gasteiger partial charge in [0.2, 0.25) is 0 Å². The van der Waals surface area contributed by atoms with E-state index in [1.165, 1.54) is 6.33 Å². The standard InChI is InChI=1S/C18H21ClN4O/c1-12(2)8-18(3,21)10-24-16-5-4-13(6-14(16)9-20)15-7-17(19)23-11-22-15/h4-7,11-12H,8,10,21H2,1-3H3/t18-/m0/s1. The van der Waals surface area contributed by atoms with E-state index >= 15 is 0 Å². The zero-order valence-electron chi connectivity index (χ0n) is 14.1. The SMILES string of the molecule is CC(C)C[C@](C)(N)COc1ccc(-c2cc(Cl)ncn2)cc1C#N. The summed E-state index contributed by atoms with van der Waals surface area (Å²) in [6.45, 7) is 6.54.